The molecule has 1 amide bonds. The number of hydrogen-bond donors (Lipinski definition) is 0. The Hall–Kier alpha value is -1.53. The zero-order valence-electron chi connectivity index (χ0n) is 14.4. The van der Waals surface area contributed by atoms with Crippen LogP contribution in [0.2, 0.25) is 0 Å². The Morgan fingerprint density at radius 1 is 1.25 bits per heavy atom. The fourth-order valence-electron chi connectivity index (χ4n) is 4.01. The highest BCUT2D eigenvalue weighted by Crippen LogP contribution is 2.39. The molecule has 130 valence electrons. The number of carbonyl (C=O) groups is 1. The minimum Gasteiger partial charge on any atom is -0.381 e. The van der Waals surface area contributed by atoms with Gasteiger partial charge in [0.05, 0.1) is 23.5 Å². The number of rotatable bonds is 5. The quantitative estimate of drug-likeness (QED) is 0.818. The van der Waals surface area contributed by atoms with Crippen LogP contribution in [0.5, 0.6) is 0 Å². The summed E-state index contributed by atoms with van der Waals surface area (Å²) >= 11 is 0. The molecule has 0 radical (unpaired) electrons. The highest BCUT2D eigenvalue weighted by Gasteiger charge is 2.51. The van der Waals surface area contributed by atoms with E-state index in [0.717, 1.165) is 45.2 Å². The second-order valence-corrected chi connectivity index (χ2v) is 7.78. The predicted octanol–water partition coefficient (Wildman–Crippen LogP) is 1.44. The van der Waals surface area contributed by atoms with Crippen LogP contribution in [-0.4, -0.2) is 71.3 Å². The van der Waals surface area contributed by atoms with Crippen molar-refractivity contribution in [2.24, 2.45) is 11.8 Å². The number of likely N-dealkylation sites (tertiary alicyclic amines) is 2. The van der Waals surface area contributed by atoms with Crippen LogP contribution in [0.3, 0.4) is 0 Å². The Bertz CT molecular complexity index is 584. The van der Waals surface area contributed by atoms with Crippen molar-refractivity contribution in [2.75, 3.05) is 39.9 Å². The van der Waals surface area contributed by atoms with Crippen molar-refractivity contribution in [1.82, 2.24) is 20.0 Å². The zero-order chi connectivity index (χ0) is 16.6. The minimum atomic E-state index is 0.0658. The summed E-state index contributed by atoms with van der Waals surface area (Å²) in [5.41, 5.74) is 0.768. The average Bonchev–Trinajstić information content (AvgIpc) is 3.39. The van der Waals surface area contributed by atoms with Gasteiger partial charge in [-0.15, -0.1) is 0 Å². The van der Waals surface area contributed by atoms with Gasteiger partial charge in [0.25, 0.3) is 5.91 Å². The number of hydrogen-bond acceptors (Lipinski definition) is 5. The Balaban J connectivity index is 1.32. The fraction of sp³-hybridized carbons (Fsp3) is 0.722. The zero-order valence-corrected chi connectivity index (χ0v) is 14.4. The van der Waals surface area contributed by atoms with E-state index >= 15 is 0 Å². The van der Waals surface area contributed by atoms with Gasteiger partial charge in [0.2, 0.25) is 0 Å². The van der Waals surface area contributed by atoms with Crippen molar-refractivity contribution in [3.8, 4) is 0 Å². The van der Waals surface area contributed by atoms with E-state index in [1.807, 2.05) is 4.90 Å². The molecule has 2 saturated heterocycles. The summed E-state index contributed by atoms with van der Waals surface area (Å²) in [4.78, 5) is 16.9. The minimum absolute atomic E-state index is 0.0658. The van der Waals surface area contributed by atoms with Gasteiger partial charge in [-0.3, -0.25) is 9.69 Å². The van der Waals surface area contributed by atoms with Crippen LogP contribution in [0, 0.1) is 11.8 Å². The SMILES string of the molecule is CN1CC[C@H](COCC2CC2)CC12CN(C(=O)c1ccnnc1)C2. The van der Waals surface area contributed by atoms with Crippen molar-refractivity contribution in [3.05, 3.63) is 24.0 Å². The molecule has 1 aromatic rings. The van der Waals surface area contributed by atoms with E-state index in [0.29, 0.717) is 11.5 Å². The summed E-state index contributed by atoms with van der Waals surface area (Å²) in [5, 5.41) is 7.54. The molecule has 1 spiro atoms. The molecule has 6 nitrogen and oxygen atoms in total. The number of carbonyl (C=O) groups excluding carboxylic acids is 1. The number of nitrogens with zero attached hydrogens (tertiary/aromatic N) is 4. The molecule has 3 fully saturated rings. The third-order valence-corrected chi connectivity index (χ3v) is 5.84. The van der Waals surface area contributed by atoms with Crippen LogP contribution in [0.25, 0.3) is 0 Å². The van der Waals surface area contributed by atoms with Crippen molar-refractivity contribution in [3.63, 3.8) is 0 Å². The molecule has 24 heavy (non-hydrogen) atoms. The molecular weight excluding hydrogens is 304 g/mol. The first-order valence-corrected chi connectivity index (χ1v) is 9.01. The second kappa shape index (κ2) is 6.41. The van der Waals surface area contributed by atoms with Crippen molar-refractivity contribution >= 4 is 5.91 Å². The average molecular weight is 330 g/mol. The number of amides is 1. The van der Waals surface area contributed by atoms with Crippen LogP contribution < -0.4 is 0 Å². The number of piperidine rings is 1. The standard InChI is InChI=1S/C18H26N4O2/c1-21-7-5-15(11-24-10-14-2-3-14)8-18(21)12-22(13-18)17(23)16-4-6-19-20-9-16/h4,6,9,14-15H,2-3,5,7-8,10-13H2,1H3/t15-/m0/s1. The number of ether oxygens (including phenoxy) is 1. The maximum atomic E-state index is 12.5. The van der Waals surface area contributed by atoms with Crippen LogP contribution >= 0.6 is 0 Å². The van der Waals surface area contributed by atoms with Crippen molar-refractivity contribution in [1.29, 1.82) is 0 Å². The smallest absolute Gasteiger partial charge is 0.255 e. The van der Waals surface area contributed by atoms with E-state index in [-0.39, 0.29) is 11.4 Å². The molecule has 6 heteroatoms. The first-order valence-electron chi connectivity index (χ1n) is 9.01. The first-order chi connectivity index (χ1) is 11.7. The summed E-state index contributed by atoms with van der Waals surface area (Å²) in [7, 11) is 2.19. The van der Waals surface area contributed by atoms with Gasteiger partial charge in [0.1, 0.15) is 0 Å². The number of likely N-dealkylation sites (N-methyl/N-ethyl adjacent to an activating group) is 1. The lowest BCUT2D eigenvalue weighted by molar-refractivity contribution is -0.0761. The molecule has 0 unspecified atom stereocenters. The molecule has 1 saturated carbocycles. The van der Waals surface area contributed by atoms with E-state index in [9.17, 15) is 4.79 Å². The Labute approximate surface area is 143 Å². The van der Waals surface area contributed by atoms with Crippen LogP contribution in [0.1, 0.15) is 36.0 Å². The van der Waals surface area contributed by atoms with E-state index in [2.05, 4.69) is 22.1 Å². The van der Waals surface area contributed by atoms with Gasteiger partial charge in [-0.25, -0.2) is 0 Å². The highest BCUT2D eigenvalue weighted by molar-refractivity contribution is 5.94. The third-order valence-electron chi connectivity index (χ3n) is 5.84. The number of aromatic nitrogens is 2. The molecular formula is C18H26N4O2. The monoisotopic (exact) mass is 330 g/mol. The topological polar surface area (TPSA) is 58.6 Å². The summed E-state index contributed by atoms with van der Waals surface area (Å²) in [6, 6.07) is 1.74. The molecule has 1 aliphatic carbocycles. The Morgan fingerprint density at radius 2 is 2.04 bits per heavy atom. The van der Waals surface area contributed by atoms with Gasteiger partial charge < -0.3 is 9.64 Å². The largest absolute Gasteiger partial charge is 0.381 e. The van der Waals surface area contributed by atoms with Gasteiger partial charge in [-0.1, -0.05) is 0 Å². The summed E-state index contributed by atoms with van der Waals surface area (Å²) in [5.74, 6) is 1.52. The van der Waals surface area contributed by atoms with Gasteiger partial charge in [-0.05, 0) is 57.2 Å². The Kier molecular flexibility index (Phi) is 4.26. The van der Waals surface area contributed by atoms with Crippen molar-refractivity contribution in [2.45, 2.75) is 31.2 Å². The van der Waals surface area contributed by atoms with Crippen molar-refractivity contribution < 1.29 is 9.53 Å². The third kappa shape index (κ3) is 3.17. The van der Waals surface area contributed by atoms with Crippen LogP contribution in [-0.2, 0) is 4.74 Å². The second-order valence-electron chi connectivity index (χ2n) is 7.78. The molecule has 2 aliphatic heterocycles. The lowest BCUT2D eigenvalue weighted by Crippen LogP contribution is -2.72. The molecule has 4 rings (SSSR count). The predicted molar refractivity (Wildman–Crippen MR) is 89.6 cm³/mol. The highest BCUT2D eigenvalue weighted by atomic mass is 16.5. The molecule has 1 aromatic heterocycles. The van der Waals surface area contributed by atoms with Gasteiger partial charge in [0, 0.05) is 26.3 Å². The van der Waals surface area contributed by atoms with Crippen LogP contribution in [0.15, 0.2) is 18.5 Å². The molecule has 1 atom stereocenters. The van der Waals surface area contributed by atoms with Gasteiger partial charge in [-0.2, -0.15) is 10.2 Å². The maximum Gasteiger partial charge on any atom is 0.255 e. The normalized spacial score (nSPS) is 26.4. The van der Waals surface area contributed by atoms with E-state index in [1.165, 1.54) is 19.3 Å². The fourth-order valence-corrected chi connectivity index (χ4v) is 4.01. The first kappa shape index (κ1) is 16.0. The van der Waals surface area contributed by atoms with E-state index in [1.54, 1.807) is 18.5 Å². The summed E-state index contributed by atoms with van der Waals surface area (Å²) in [6.45, 7) is 4.54. The van der Waals surface area contributed by atoms with Crippen LogP contribution in [0.4, 0.5) is 0 Å². The summed E-state index contributed by atoms with van der Waals surface area (Å²) < 4.78 is 5.92. The Morgan fingerprint density at radius 3 is 2.75 bits per heavy atom. The van der Waals surface area contributed by atoms with Gasteiger partial charge >= 0.3 is 0 Å². The summed E-state index contributed by atoms with van der Waals surface area (Å²) in [6.07, 6.45) is 8.14. The molecule has 3 heterocycles. The molecule has 3 aliphatic rings. The van der Waals surface area contributed by atoms with E-state index in [4.69, 9.17) is 4.74 Å². The van der Waals surface area contributed by atoms with E-state index < -0.39 is 0 Å². The molecule has 0 N–H and O–H groups in total. The lowest BCUT2D eigenvalue weighted by Gasteiger charge is -2.58. The maximum absolute atomic E-state index is 12.5. The lowest BCUT2D eigenvalue weighted by atomic mass is 9.75. The molecule has 0 aromatic carbocycles. The van der Waals surface area contributed by atoms with Gasteiger partial charge in [0.15, 0.2) is 0 Å². The molecule has 0 bridgehead atoms.